The molecule has 1 aromatic heterocycles. The molecule has 0 unspecified atom stereocenters. The summed E-state index contributed by atoms with van der Waals surface area (Å²) in [4.78, 5) is 0. The van der Waals surface area contributed by atoms with Crippen molar-refractivity contribution < 1.29 is 4.42 Å². The van der Waals surface area contributed by atoms with Gasteiger partial charge in [0.2, 0.25) is 11.8 Å². The van der Waals surface area contributed by atoms with Crippen molar-refractivity contribution in [3.63, 3.8) is 0 Å². The number of halogens is 1. The second kappa shape index (κ2) is 5.94. The Hall–Kier alpha value is -1.04. The van der Waals surface area contributed by atoms with Gasteiger partial charge in [-0.1, -0.05) is 23.7 Å². The number of nitrogens with zero attached hydrogens (tertiary/aromatic N) is 2. The standard InChI is InChI=1S/C13H16ClN3OS/c1-13(2,15)8-19-7-11-16-17-12(18-11)9-5-3-4-6-10(9)14/h3-6H,7-8,15H2,1-2H3. The van der Waals surface area contributed by atoms with Crippen LogP contribution in [0.5, 0.6) is 0 Å². The largest absolute Gasteiger partial charge is 0.420 e. The van der Waals surface area contributed by atoms with Crippen LogP contribution in [0.25, 0.3) is 11.5 Å². The Bertz CT molecular complexity index is 551. The fourth-order valence-electron chi connectivity index (χ4n) is 1.46. The van der Waals surface area contributed by atoms with Crippen LogP contribution in [0.1, 0.15) is 19.7 Å². The van der Waals surface area contributed by atoms with Gasteiger partial charge in [-0.3, -0.25) is 0 Å². The first-order valence-electron chi connectivity index (χ1n) is 5.89. The van der Waals surface area contributed by atoms with Gasteiger partial charge in [-0.2, -0.15) is 11.8 Å². The van der Waals surface area contributed by atoms with Gasteiger partial charge in [0.1, 0.15) is 0 Å². The maximum Gasteiger partial charge on any atom is 0.249 e. The van der Waals surface area contributed by atoms with Crippen LogP contribution in [0, 0.1) is 0 Å². The van der Waals surface area contributed by atoms with Crippen molar-refractivity contribution in [1.29, 1.82) is 0 Å². The summed E-state index contributed by atoms with van der Waals surface area (Å²) < 4.78 is 5.60. The van der Waals surface area contributed by atoms with Crippen LogP contribution in [0.3, 0.4) is 0 Å². The normalized spacial score (nSPS) is 11.8. The van der Waals surface area contributed by atoms with E-state index in [0.29, 0.717) is 22.6 Å². The molecule has 0 radical (unpaired) electrons. The Morgan fingerprint density at radius 2 is 2.05 bits per heavy atom. The molecule has 2 N–H and O–H groups in total. The average molecular weight is 298 g/mol. The molecule has 1 aromatic carbocycles. The maximum atomic E-state index is 6.08. The fraction of sp³-hybridized carbons (Fsp3) is 0.385. The van der Waals surface area contributed by atoms with Crippen molar-refractivity contribution in [2.45, 2.75) is 25.1 Å². The molecule has 0 aliphatic carbocycles. The zero-order valence-corrected chi connectivity index (χ0v) is 12.5. The maximum absolute atomic E-state index is 6.08. The van der Waals surface area contributed by atoms with Gasteiger partial charge in [-0.15, -0.1) is 10.2 Å². The van der Waals surface area contributed by atoms with E-state index in [1.165, 1.54) is 0 Å². The second-order valence-electron chi connectivity index (χ2n) is 4.96. The minimum atomic E-state index is -0.198. The zero-order valence-electron chi connectivity index (χ0n) is 10.9. The molecule has 0 bridgehead atoms. The van der Waals surface area contributed by atoms with E-state index < -0.39 is 0 Å². The van der Waals surface area contributed by atoms with Gasteiger partial charge in [0, 0.05) is 11.3 Å². The highest BCUT2D eigenvalue weighted by molar-refractivity contribution is 7.98. The number of thioether (sulfide) groups is 1. The lowest BCUT2D eigenvalue weighted by atomic mass is 10.1. The number of benzene rings is 1. The van der Waals surface area contributed by atoms with Crippen molar-refractivity contribution in [3.05, 3.63) is 35.2 Å². The quantitative estimate of drug-likeness (QED) is 0.916. The average Bonchev–Trinajstić information content (AvgIpc) is 2.76. The Morgan fingerprint density at radius 3 is 2.74 bits per heavy atom. The van der Waals surface area contributed by atoms with Gasteiger partial charge in [-0.05, 0) is 26.0 Å². The topological polar surface area (TPSA) is 64.9 Å². The van der Waals surface area contributed by atoms with Gasteiger partial charge >= 0.3 is 0 Å². The molecule has 1 heterocycles. The van der Waals surface area contributed by atoms with Crippen LogP contribution in [0.15, 0.2) is 28.7 Å². The third kappa shape index (κ3) is 4.23. The molecule has 0 saturated carbocycles. The lowest BCUT2D eigenvalue weighted by molar-refractivity contribution is 0.527. The number of hydrogen-bond acceptors (Lipinski definition) is 5. The van der Waals surface area contributed by atoms with Gasteiger partial charge in [0.05, 0.1) is 16.3 Å². The van der Waals surface area contributed by atoms with Crippen LogP contribution in [-0.4, -0.2) is 21.5 Å². The van der Waals surface area contributed by atoms with Crippen molar-refractivity contribution in [2.24, 2.45) is 5.73 Å². The predicted octanol–water partition coefficient (Wildman–Crippen LogP) is 3.36. The van der Waals surface area contributed by atoms with Crippen LogP contribution in [0.4, 0.5) is 0 Å². The molecule has 0 saturated heterocycles. The summed E-state index contributed by atoms with van der Waals surface area (Å²) in [6.45, 7) is 3.98. The Morgan fingerprint density at radius 1 is 1.32 bits per heavy atom. The molecule has 4 nitrogen and oxygen atoms in total. The van der Waals surface area contributed by atoms with Gasteiger partial charge in [0.15, 0.2) is 0 Å². The first-order chi connectivity index (χ1) is 8.96. The van der Waals surface area contributed by atoms with E-state index in [2.05, 4.69) is 10.2 Å². The van der Waals surface area contributed by atoms with Gasteiger partial charge in [-0.25, -0.2) is 0 Å². The van der Waals surface area contributed by atoms with E-state index in [1.54, 1.807) is 17.8 Å². The molecule has 0 atom stereocenters. The summed E-state index contributed by atoms with van der Waals surface area (Å²) in [5.74, 6) is 2.52. The zero-order chi connectivity index (χ0) is 13.9. The molecular weight excluding hydrogens is 282 g/mol. The van der Waals surface area contributed by atoms with Crippen molar-refractivity contribution >= 4 is 23.4 Å². The second-order valence-corrected chi connectivity index (χ2v) is 6.35. The third-order valence-corrected chi connectivity index (χ3v) is 4.00. The van der Waals surface area contributed by atoms with Crippen LogP contribution >= 0.6 is 23.4 Å². The molecule has 6 heteroatoms. The third-order valence-electron chi connectivity index (χ3n) is 2.27. The minimum Gasteiger partial charge on any atom is -0.420 e. The molecule has 0 aliphatic heterocycles. The first-order valence-corrected chi connectivity index (χ1v) is 7.43. The van der Waals surface area contributed by atoms with E-state index in [1.807, 2.05) is 32.0 Å². The summed E-state index contributed by atoms with van der Waals surface area (Å²) in [5, 5.41) is 8.64. The number of nitrogens with two attached hydrogens (primary N) is 1. The Kier molecular flexibility index (Phi) is 4.50. The molecule has 0 aliphatic rings. The van der Waals surface area contributed by atoms with Crippen LogP contribution < -0.4 is 5.73 Å². The summed E-state index contributed by atoms with van der Waals surface area (Å²) in [6.07, 6.45) is 0. The van der Waals surface area contributed by atoms with Crippen molar-refractivity contribution in [3.8, 4) is 11.5 Å². The number of rotatable bonds is 5. The van der Waals surface area contributed by atoms with E-state index >= 15 is 0 Å². The minimum absolute atomic E-state index is 0.198. The molecule has 2 aromatic rings. The van der Waals surface area contributed by atoms with Crippen molar-refractivity contribution in [2.75, 3.05) is 5.75 Å². The van der Waals surface area contributed by atoms with Crippen molar-refractivity contribution in [1.82, 2.24) is 10.2 Å². The Balaban J connectivity index is 2.02. The summed E-state index contributed by atoms with van der Waals surface area (Å²) in [5.41, 5.74) is 6.47. The van der Waals surface area contributed by atoms with Gasteiger partial charge < -0.3 is 10.2 Å². The molecule has 0 amide bonds. The molecule has 0 spiro atoms. The highest BCUT2D eigenvalue weighted by atomic mass is 35.5. The van der Waals surface area contributed by atoms with E-state index in [4.69, 9.17) is 21.8 Å². The SMILES string of the molecule is CC(C)(N)CSCc1nnc(-c2ccccc2Cl)o1. The number of aromatic nitrogens is 2. The lowest BCUT2D eigenvalue weighted by Crippen LogP contribution is -2.34. The first kappa shape index (κ1) is 14.4. The Labute approximate surface area is 121 Å². The van der Waals surface area contributed by atoms with E-state index in [-0.39, 0.29) is 5.54 Å². The van der Waals surface area contributed by atoms with Crippen LogP contribution in [0.2, 0.25) is 5.02 Å². The molecule has 19 heavy (non-hydrogen) atoms. The molecule has 0 fully saturated rings. The summed E-state index contributed by atoms with van der Waals surface area (Å²) in [6, 6.07) is 7.40. The van der Waals surface area contributed by atoms with Crippen LogP contribution in [-0.2, 0) is 5.75 Å². The summed E-state index contributed by atoms with van der Waals surface area (Å²) in [7, 11) is 0. The fourth-order valence-corrected chi connectivity index (χ4v) is 2.59. The van der Waals surface area contributed by atoms with E-state index in [9.17, 15) is 0 Å². The number of hydrogen-bond donors (Lipinski definition) is 1. The predicted molar refractivity (Wildman–Crippen MR) is 79.2 cm³/mol. The molecular formula is C13H16ClN3OS. The highest BCUT2D eigenvalue weighted by Crippen LogP contribution is 2.27. The lowest BCUT2D eigenvalue weighted by Gasteiger charge is -2.16. The molecule has 102 valence electrons. The monoisotopic (exact) mass is 297 g/mol. The van der Waals surface area contributed by atoms with E-state index in [0.717, 1.165) is 11.3 Å². The molecule has 2 rings (SSSR count). The smallest absolute Gasteiger partial charge is 0.249 e. The highest BCUT2D eigenvalue weighted by Gasteiger charge is 2.14. The van der Waals surface area contributed by atoms with Gasteiger partial charge in [0.25, 0.3) is 0 Å². The summed E-state index contributed by atoms with van der Waals surface area (Å²) >= 11 is 7.75.